The van der Waals surface area contributed by atoms with E-state index in [4.69, 9.17) is 4.42 Å². The number of rotatable bonds is 5. The van der Waals surface area contributed by atoms with Gasteiger partial charge < -0.3 is 15.1 Å². The summed E-state index contributed by atoms with van der Waals surface area (Å²) < 4.78 is 4.91. The zero-order valence-electron chi connectivity index (χ0n) is 13.8. The van der Waals surface area contributed by atoms with Crippen LogP contribution in [-0.2, 0) is 6.54 Å². The van der Waals surface area contributed by atoms with Crippen LogP contribution < -0.4 is 10.6 Å². The van der Waals surface area contributed by atoms with Crippen molar-refractivity contribution in [2.75, 3.05) is 5.32 Å². The van der Waals surface area contributed by atoms with Gasteiger partial charge in [-0.25, -0.2) is 0 Å². The Morgan fingerprint density at radius 3 is 2.44 bits per heavy atom. The molecule has 1 aromatic heterocycles. The number of amides is 2. The molecule has 3 aromatic rings. The van der Waals surface area contributed by atoms with E-state index in [1.165, 1.54) is 18.1 Å². The summed E-state index contributed by atoms with van der Waals surface area (Å²) in [6.45, 7) is 2.43. The van der Waals surface area contributed by atoms with Crippen LogP contribution in [0.5, 0.6) is 0 Å². The van der Waals surface area contributed by atoms with Gasteiger partial charge in [-0.2, -0.15) is 0 Å². The molecule has 0 atom stereocenters. The molecule has 2 aromatic carbocycles. The molecule has 2 amide bonds. The van der Waals surface area contributed by atoms with Gasteiger partial charge in [0.25, 0.3) is 11.8 Å². The Labute approximate surface area is 145 Å². The second-order valence-corrected chi connectivity index (χ2v) is 5.68. The van der Waals surface area contributed by atoms with E-state index in [1.807, 2.05) is 31.2 Å². The molecule has 0 unspecified atom stereocenters. The van der Waals surface area contributed by atoms with Crippen molar-refractivity contribution in [1.82, 2.24) is 5.32 Å². The summed E-state index contributed by atoms with van der Waals surface area (Å²) in [5.74, 6) is -0.573. The number of benzene rings is 2. The molecule has 0 bridgehead atoms. The molecule has 3 rings (SSSR count). The average molecular weight is 334 g/mol. The van der Waals surface area contributed by atoms with Gasteiger partial charge >= 0.3 is 0 Å². The van der Waals surface area contributed by atoms with Crippen molar-refractivity contribution >= 4 is 17.5 Å². The Hall–Kier alpha value is -3.34. The van der Waals surface area contributed by atoms with Gasteiger partial charge in [0.2, 0.25) is 0 Å². The minimum Gasteiger partial charge on any atom is -0.472 e. The van der Waals surface area contributed by atoms with E-state index in [0.717, 1.165) is 5.56 Å². The fourth-order valence-corrected chi connectivity index (χ4v) is 2.36. The van der Waals surface area contributed by atoms with Crippen LogP contribution in [0, 0.1) is 6.92 Å². The lowest BCUT2D eigenvalue weighted by Gasteiger charge is -2.11. The number of carbonyl (C=O) groups excluding carboxylic acids is 2. The normalized spacial score (nSPS) is 10.3. The van der Waals surface area contributed by atoms with Crippen LogP contribution in [-0.4, -0.2) is 11.8 Å². The molecule has 1 heterocycles. The first-order valence-corrected chi connectivity index (χ1v) is 7.90. The molecule has 0 saturated carbocycles. The summed E-state index contributed by atoms with van der Waals surface area (Å²) in [6.07, 6.45) is 2.78. The highest BCUT2D eigenvalue weighted by Crippen LogP contribution is 2.17. The first-order valence-electron chi connectivity index (χ1n) is 7.90. The summed E-state index contributed by atoms with van der Waals surface area (Å²) in [4.78, 5) is 24.7. The molecule has 0 aliphatic rings. The van der Waals surface area contributed by atoms with E-state index in [9.17, 15) is 9.59 Å². The lowest BCUT2D eigenvalue weighted by molar-refractivity contribution is 0.0952. The fourth-order valence-electron chi connectivity index (χ4n) is 2.36. The zero-order chi connectivity index (χ0) is 17.6. The summed E-state index contributed by atoms with van der Waals surface area (Å²) >= 11 is 0. The van der Waals surface area contributed by atoms with Crippen LogP contribution in [0.25, 0.3) is 0 Å². The molecule has 0 spiro atoms. The molecule has 25 heavy (non-hydrogen) atoms. The van der Waals surface area contributed by atoms with E-state index in [1.54, 1.807) is 30.3 Å². The van der Waals surface area contributed by atoms with Crippen molar-refractivity contribution < 1.29 is 14.0 Å². The van der Waals surface area contributed by atoms with Crippen molar-refractivity contribution in [1.29, 1.82) is 0 Å². The van der Waals surface area contributed by atoms with Crippen molar-refractivity contribution in [3.8, 4) is 0 Å². The Balaban J connectivity index is 1.70. The van der Waals surface area contributed by atoms with Crippen molar-refractivity contribution in [2.45, 2.75) is 13.5 Å². The van der Waals surface area contributed by atoms with Crippen LogP contribution in [0.4, 0.5) is 5.69 Å². The fraction of sp³-hybridized carbons (Fsp3) is 0.100. The van der Waals surface area contributed by atoms with Crippen LogP contribution in [0.1, 0.15) is 31.8 Å². The molecule has 2 N–H and O–H groups in total. The Bertz CT molecular complexity index is 868. The number of carbonyl (C=O) groups is 2. The van der Waals surface area contributed by atoms with E-state index in [-0.39, 0.29) is 11.8 Å². The monoisotopic (exact) mass is 334 g/mol. The molecule has 5 heteroatoms. The standard InChI is InChI=1S/C20H18N2O3/c1-14-6-8-15(9-7-14)12-21-20(24)17-4-2-3-5-18(17)22-19(23)16-10-11-25-13-16/h2-11,13H,12H2,1H3,(H,21,24)(H,22,23). The third kappa shape index (κ3) is 4.14. The SMILES string of the molecule is Cc1ccc(CNC(=O)c2ccccc2NC(=O)c2ccoc2)cc1. The summed E-state index contributed by atoms with van der Waals surface area (Å²) in [5, 5.41) is 5.61. The summed E-state index contributed by atoms with van der Waals surface area (Å²) in [7, 11) is 0. The van der Waals surface area contributed by atoms with Crippen LogP contribution in [0.2, 0.25) is 0 Å². The van der Waals surface area contributed by atoms with E-state index >= 15 is 0 Å². The number of nitrogens with one attached hydrogen (secondary N) is 2. The second-order valence-electron chi connectivity index (χ2n) is 5.68. The maximum atomic E-state index is 12.5. The summed E-state index contributed by atoms with van der Waals surface area (Å²) in [6, 6.07) is 16.4. The lowest BCUT2D eigenvalue weighted by Crippen LogP contribution is -2.24. The number of hydrogen-bond donors (Lipinski definition) is 2. The highest BCUT2D eigenvalue weighted by atomic mass is 16.3. The largest absolute Gasteiger partial charge is 0.472 e. The highest BCUT2D eigenvalue weighted by Gasteiger charge is 2.14. The molecular formula is C20H18N2O3. The van der Waals surface area contributed by atoms with Crippen molar-refractivity contribution in [2.24, 2.45) is 0 Å². The minimum atomic E-state index is -0.326. The number of aryl methyl sites for hydroxylation is 1. The van der Waals surface area contributed by atoms with Gasteiger partial charge in [0.05, 0.1) is 23.1 Å². The van der Waals surface area contributed by atoms with E-state index in [0.29, 0.717) is 23.4 Å². The minimum absolute atomic E-state index is 0.247. The zero-order valence-corrected chi connectivity index (χ0v) is 13.8. The van der Waals surface area contributed by atoms with Gasteiger partial charge in [-0.3, -0.25) is 9.59 Å². The molecule has 0 aliphatic heterocycles. The van der Waals surface area contributed by atoms with E-state index < -0.39 is 0 Å². The van der Waals surface area contributed by atoms with Gasteiger partial charge in [0.15, 0.2) is 0 Å². The third-order valence-electron chi connectivity index (χ3n) is 3.78. The van der Waals surface area contributed by atoms with E-state index in [2.05, 4.69) is 10.6 Å². The van der Waals surface area contributed by atoms with Gasteiger partial charge in [-0.1, -0.05) is 42.0 Å². The van der Waals surface area contributed by atoms with Crippen LogP contribution in [0.3, 0.4) is 0 Å². The number of anilines is 1. The maximum Gasteiger partial charge on any atom is 0.258 e. The van der Waals surface area contributed by atoms with Crippen LogP contribution in [0.15, 0.2) is 71.5 Å². The highest BCUT2D eigenvalue weighted by molar-refractivity contribution is 6.08. The first kappa shape index (κ1) is 16.5. The number of hydrogen-bond acceptors (Lipinski definition) is 3. The van der Waals surface area contributed by atoms with Crippen molar-refractivity contribution in [3.05, 3.63) is 89.4 Å². The topological polar surface area (TPSA) is 71.3 Å². The quantitative estimate of drug-likeness (QED) is 0.746. The van der Waals surface area contributed by atoms with Gasteiger partial charge in [0, 0.05) is 6.54 Å². The third-order valence-corrected chi connectivity index (χ3v) is 3.78. The smallest absolute Gasteiger partial charge is 0.258 e. The lowest BCUT2D eigenvalue weighted by atomic mass is 10.1. The predicted octanol–water partition coefficient (Wildman–Crippen LogP) is 3.77. The maximum absolute atomic E-state index is 12.5. The Morgan fingerprint density at radius 1 is 0.960 bits per heavy atom. The number of para-hydroxylation sites is 1. The Kier molecular flexibility index (Phi) is 4.95. The average Bonchev–Trinajstić information content (AvgIpc) is 3.16. The first-order chi connectivity index (χ1) is 12.1. The Morgan fingerprint density at radius 2 is 1.72 bits per heavy atom. The molecule has 0 saturated heterocycles. The van der Waals surface area contributed by atoms with Crippen molar-refractivity contribution in [3.63, 3.8) is 0 Å². The summed E-state index contributed by atoms with van der Waals surface area (Å²) in [5.41, 5.74) is 3.44. The second kappa shape index (κ2) is 7.49. The molecule has 0 radical (unpaired) electrons. The number of furan rings is 1. The molecule has 5 nitrogen and oxygen atoms in total. The van der Waals surface area contributed by atoms with Gasteiger partial charge in [-0.05, 0) is 30.7 Å². The van der Waals surface area contributed by atoms with Gasteiger partial charge in [-0.15, -0.1) is 0 Å². The van der Waals surface area contributed by atoms with Crippen LogP contribution >= 0.6 is 0 Å². The molecule has 126 valence electrons. The van der Waals surface area contributed by atoms with Gasteiger partial charge in [0.1, 0.15) is 6.26 Å². The molecule has 0 fully saturated rings. The molecular weight excluding hydrogens is 316 g/mol. The predicted molar refractivity (Wildman–Crippen MR) is 95.5 cm³/mol. The molecule has 0 aliphatic carbocycles.